The summed E-state index contributed by atoms with van der Waals surface area (Å²) in [5.41, 5.74) is -2.34. The average Bonchev–Trinajstić information content (AvgIpc) is 3.07. The molecule has 28 heavy (non-hydrogen) atoms. The largest absolute Gasteiger partial charge is 0.507 e. The van der Waals surface area contributed by atoms with Gasteiger partial charge in [-0.25, -0.2) is 4.98 Å². The first kappa shape index (κ1) is 17.2. The first-order valence-electron chi connectivity index (χ1n) is 9.09. The van der Waals surface area contributed by atoms with Crippen LogP contribution in [0, 0.1) is 19.3 Å². The molecule has 2 heterocycles. The third-order valence-corrected chi connectivity index (χ3v) is 6.51. The number of phenols is 1. The number of fused-ring (bicyclic) bond motifs is 3. The van der Waals surface area contributed by atoms with Gasteiger partial charge in [-0.3, -0.25) is 9.59 Å². The van der Waals surface area contributed by atoms with Gasteiger partial charge in [0.15, 0.2) is 22.9 Å². The summed E-state index contributed by atoms with van der Waals surface area (Å²) in [6.07, 6.45) is -0.465. The number of carbonyl (C=O) groups is 2. The Bertz CT molecular complexity index is 1260. The molecule has 3 aliphatic rings. The molecule has 2 unspecified atom stereocenters. The summed E-state index contributed by atoms with van der Waals surface area (Å²) in [4.78, 5) is 30.9. The summed E-state index contributed by atoms with van der Waals surface area (Å²) in [7, 11) is 0. The highest BCUT2D eigenvalue weighted by Gasteiger charge is 2.65. The average molecular weight is 381 g/mol. The molecule has 1 fully saturated rings. The van der Waals surface area contributed by atoms with Crippen LogP contribution in [0.1, 0.15) is 42.7 Å². The van der Waals surface area contributed by atoms with Crippen LogP contribution in [-0.4, -0.2) is 38.5 Å². The van der Waals surface area contributed by atoms with E-state index in [4.69, 9.17) is 9.15 Å². The van der Waals surface area contributed by atoms with Crippen molar-refractivity contribution in [2.24, 2.45) is 5.41 Å². The van der Waals surface area contributed by atoms with E-state index in [9.17, 15) is 19.8 Å². The molecule has 144 valence electrons. The van der Waals surface area contributed by atoms with E-state index in [1.54, 1.807) is 34.6 Å². The molecule has 1 saturated heterocycles. The van der Waals surface area contributed by atoms with E-state index in [2.05, 4.69) is 4.98 Å². The standard InChI is InChI=1S/C21H19NO6/c1-7-6-10(23)12-13-11(7)19-21(26,20(4,5)8(2)27-19)18(25)14(13)16(24)15-17(12)28-9(3)22-15/h6,8,23,26H,1-5H3. The zero-order chi connectivity index (χ0) is 20.3. The Labute approximate surface area is 160 Å². The number of hydrogen-bond acceptors (Lipinski definition) is 7. The predicted octanol–water partition coefficient (Wildman–Crippen LogP) is 0.878. The minimum Gasteiger partial charge on any atom is -0.507 e. The number of nitrogens with zero attached hydrogens (tertiary/aromatic N) is 1. The Morgan fingerprint density at radius 2 is 1.86 bits per heavy atom. The number of aromatic hydroxyl groups is 1. The van der Waals surface area contributed by atoms with E-state index in [-0.39, 0.29) is 45.2 Å². The molecule has 7 heteroatoms. The predicted molar refractivity (Wildman–Crippen MR) is 97.8 cm³/mol. The van der Waals surface area contributed by atoms with Crippen LogP contribution in [0.2, 0.25) is 0 Å². The number of phenolic OH excluding ortho intramolecular Hbond substituents is 1. The van der Waals surface area contributed by atoms with Crippen molar-refractivity contribution in [1.29, 1.82) is 0 Å². The maximum atomic E-state index is 13.6. The number of carbonyl (C=O) groups excluding carboxylic acids is 2. The molecule has 5 rings (SSSR count). The Morgan fingerprint density at radius 1 is 1.18 bits per heavy atom. The van der Waals surface area contributed by atoms with Crippen molar-refractivity contribution < 1.29 is 29.0 Å². The van der Waals surface area contributed by atoms with Crippen molar-refractivity contribution in [3.05, 3.63) is 33.7 Å². The molecular weight excluding hydrogens is 362 g/mol. The second-order valence-corrected chi connectivity index (χ2v) is 8.30. The quantitative estimate of drug-likeness (QED) is 0.697. The molecule has 0 spiro atoms. The van der Waals surface area contributed by atoms with Gasteiger partial charge in [-0.2, -0.15) is 0 Å². The number of ketones is 2. The molecule has 0 amide bonds. The number of oxazole rings is 1. The highest BCUT2D eigenvalue weighted by Crippen LogP contribution is 2.52. The highest BCUT2D eigenvalue weighted by atomic mass is 16.5. The van der Waals surface area contributed by atoms with E-state index in [1.807, 2.05) is 0 Å². The van der Waals surface area contributed by atoms with Gasteiger partial charge in [-0.05, 0) is 25.5 Å². The molecule has 0 radical (unpaired) electrons. The van der Waals surface area contributed by atoms with Gasteiger partial charge < -0.3 is 19.4 Å². The molecule has 1 aliphatic heterocycles. The number of Topliss-reactive ketones (excluding diaryl/α,β-unsaturated/α-hetero) is 2. The lowest BCUT2D eigenvalue weighted by molar-refractivity contribution is -0.134. The molecular formula is C21H19NO6. The topological polar surface area (TPSA) is 110 Å². The lowest BCUT2D eigenvalue weighted by Crippen LogP contribution is -2.59. The van der Waals surface area contributed by atoms with Gasteiger partial charge in [0.25, 0.3) is 0 Å². The van der Waals surface area contributed by atoms with Crippen molar-refractivity contribution >= 4 is 22.9 Å². The number of aliphatic hydroxyl groups is 1. The SMILES string of the molecule is Cc1nc2c(o1)-c1c(O)cc(C)c3c1=C(C2=O)C(=O)C1(O)C=3OC(C)C1(C)C. The third-order valence-electron chi connectivity index (χ3n) is 6.51. The fourth-order valence-electron chi connectivity index (χ4n) is 4.58. The fraction of sp³-hybridized carbons (Fsp3) is 0.381. The van der Waals surface area contributed by atoms with Gasteiger partial charge in [-0.1, -0.05) is 13.8 Å². The van der Waals surface area contributed by atoms with Crippen molar-refractivity contribution in [2.75, 3.05) is 0 Å². The highest BCUT2D eigenvalue weighted by molar-refractivity contribution is 6.50. The van der Waals surface area contributed by atoms with Crippen LogP contribution in [0.5, 0.6) is 5.75 Å². The van der Waals surface area contributed by atoms with Gasteiger partial charge in [0.05, 0.1) is 11.1 Å². The Hall–Kier alpha value is -2.93. The summed E-state index contributed by atoms with van der Waals surface area (Å²) < 4.78 is 11.6. The number of hydrogen-bond donors (Lipinski definition) is 2. The summed E-state index contributed by atoms with van der Waals surface area (Å²) >= 11 is 0. The van der Waals surface area contributed by atoms with Gasteiger partial charge in [-0.15, -0.1) is 0 Å². The van der Waals surface area contributed by atoms with E-state index >= 15 is 0 Å². The normalized spacial score (nSPS) is 26.7. The van der Waals surface area contributed by atoms with Crippen LogP contribution in [0.25, 0.3) is 22.7 Å². The summed E-state index contributed by atoms with van der Waals surface area (Å²) in [5, 5.41) is 23.0. The van der Waals surface area contributed by atoms with Crippen LogP contribution in [0.15, 0.2) is 10.5 Å². The van der Waals surface area contributed by atoms with E-state index in [0.29, 0.717) is 10.8 Å². The van der Waals surface area contributed by atoms with Crippen molar-refractivity contribution in [3.8, 4) is 17.1 Å². The monoisotopic (exact) mass is 381 g/mol. The van der Waals surface area contributed by atoms with Gasteiger partial charge in [0, 0.05) is 22.8 Å². The zero-order valence-electron chi connectivity index (χ0n) is 16.1. The second-order valence-electron chi connectivity index (χ2n) is 8.30. The fourth-order valence-corrected chi connectivity index (χ4v) is 4.58. The number of rotatable bonds is 0. The van der Waals surface area contributed by atoms with Crippen LogP contribution >= 0.6 is 0 Å². The van der Waals surface area contributed by atoms with Crippen LogP contribution in [0.3, 0.4) is 0 Å². The Morgan fingerprint density at radius 3 is 2.54 bits per heavy atom. The molecule has 2 aliphatic carbocycles. The molecule has 1 aromatic heterocycles. The maximum Gasteiger partial charge on any atom is 0.219 e. The summed E-state index contributed by atoms with van der Waals surface area (Å²) in [6.45, 7) is 8.58. The smallest absolute Gasteiger partial charge is 0.219 e. The molecule has 0 saturated carbocycles. The van der Waals surface area contributed by atoms with Crippen LogP contribution in [-0.2, 0) is 9.53 Å². The van der Waals surface area contributed by atoms with Crippen molar-refractivity contribution in [1.82, 2.24) is 4.98 Å². The van der Waals surface area contributed by atoms with Gasteiger partial charge in [0.2, 0.25) is 11.6 Å². The van der Waals surface area contributed by atoms with E-state index in [0.717, 1.165) is 0 Å². The summed E-state index contributed by atoms with van der Waals surface area (Å²) in [6, 6.07) is 1.52. The third kappa shape index (κ3) is 1.59. The lowest BCUT2D eigenvalue weighted by atomic mass is 9.65. The minimum atomic E-state index is -1.99. The van der Waals surface area contributed by atoms with Gasteiger partial charge in [0.1, 0.15) is 17.6 Å². The molecule has 2 atom stereocenters. The van der Waals surface area contributed by atoms with Crippen molar-refractivity contribution in [3.63, 3.8) is 0 Å². The first-order chi connectivity index (χ1) is 13.0. The Balaban J connectivity index is 2.09. The molecule has 7 nitrogen and oxygen atoms in total. The second kappa shape index (κ2) is 4.72. The first-order valence-corrected chi connectivity index (χ1v) is 9.09. The zero-order valence-corrected chi connectivity index (χ0v) is 16.1. The van der Waals surface area contributed by atoms with Crippen LogP contribution in [0.4, 0.5) is 0 Å². The molecule has 1 aromatic carbocycles. The number of aromatic nitrogens is 1. The minimum absolute atomic E-state index is 0.0322. The molecule has 2 aromatic rings. The van der Waals surface area contributed by atoms with Gasteiger partial charge >= 0.3 is 0 Å². The lowest BCUT2D eigenvalue weighted by Gasteiger charge is -2.37. The van der Waals surface area contributed by atoms with E-state index in [1.165, 1.54) is 6.07 Å². The Kier molecular flexibility index (Phi) is 2.90. The number of aryl methyl sites for hydroxylation is 2. The van der Waals surface area contributed by atoms with E-state index < -0.39 is 28.7 Å². The summed E-state index contributed by atoms with van der Waals surface area (Å²) in [5.74, 6) is -0.965. The molecule has 2 N–H and O–H groups in total. The van der Waals surface area contributed by atoms with Crippen molar-refractivity contribution in [2.45, 2.75) is 46.3 Å². The maximum absolute atomic E-state index is 13.6. The number of benzene rings is 1. The van der Waals surface area contributed by atoms with Crippen LogP contribution < -0.4 is 10.4 Å². The number of ether oxygens (including phenoxy) is 1. The molecule has 0 bridgehead atoms.